The quantitative estimate of drug-likeness (QED) is 0.598. The van der Waals surface area contributed by atoms with E-state index in [1.807, 2.05) is 0 Å². The molecule has 0 aliphatic rings. The predicted molar refractivity (Wildman–Crippen MR) is 67.4 cm³/mol. The van der Waals surface area contributed by atoms with Crippen LogP contribution in [-0.4, -0.2) is 28.4 Å². The fraction of sp³-hybridized carbons (Fsp3) is 0.364. The molecule has 0 saturated heterocycles. The largest absolute Gasteiger partial charge is 0.355 e. The molecule has 8 heteroatoms. The summed E-state index contributed by atoms with van der Waals surface area (Å²) in [6.07, 6.45) is 1.21. The van der Waals surface area contributed by atoms with E-state index in [2.05, 4.69) is 15.6 Å². The summed E-state index contributed by atoms with van der Waals surface area (Å²) in [5.74, 6) is -0.328. The van der Waals surface area contributed by atoms with Crippen molar-refractivity contribution < 1.29 is 9.72 Å². The Morgan fingerprint density at radius 3 is 2.89 bits per heavy atom. The number of nitriles is 1. The molecule has 0 aliphatic heterocycles. The molecule has 1 heterocycles. The normalized spacial score (nSPS) is 11.2. The number of anilines is 1. The minimum absolute atomic E-state index is 0.0391. The van der Waals surface area contributed by atoms with E-state index in [-0.39, 0.29) is 23.0 Å². The van der Waals surface area contributed by atoms with E-state index in [9.17, 15) is 14.9 Å². The predicted octanol–water partition coefficient (Wildman–Crippen LogP) is 0.798. The van der Waals surface area contributed by atoms with Gasteiger partial charge in [0.1, 0.15) is 12.1 Å². The van der Waals surface area contributed by atoms with E-state index in [1.54, 1.807) is 19.9 Å². The van der Waals surface area contributed by atoms with Crippen LogP contribution in [0.3, 0.4) is 0 Å². The van der Waals surface area contributed by atoms with Gasteiger partial charge in [0.2, 0.25) is 11.7 Å². The van der Waals surface area contributed by atoms with Crippen molar-refractivity contribution in [2.75, 3.05) is 11.9 Å². The third-order valence-corrected chi connectivity index (χ3v) is 2.29. The number of amides is 1. The lowest BCUT2D eigenvalue weighted by atomic mass is 10.2. The third-order valence-electron chi connectivity index (χ3n) is 2.29. The summed E-state index contributed by atoms with van der Waals surface area (Å²) in [4.78, 5) is 25.6. The minimum Gasteiger partial charge on any atom is -0.355 e. The average molecular weight is 263 g/mol. The second-order valence-corrected chi connectivity index (χ2v) is 3.72. The first-order chi connectivity index (χ1) is 8.99. The van der Waals surface area contributed by atoms with Crippen LogP contribution in [0, 0.1) is 21.4 Å². The topological polar surface area (TPSA) is 121 Å². The van der Waals surface area contributed by atoms with Gasteiger partial charge in [-0.15, -0.1) is 0 Å². The lowest BCUT2D eigenvalue weighted by molar-refractivity contribution is -0.384. The van der Waals surface area contributed by atoms with Gasteiger partial charge in [0.25, 0.3) is 0 Å². The number of carbonyl (C=O) groups excluding carboxylic acids is 1. The van der Waals surface area contributed by atoms with Crippen molar-refractivity contribution in [1.82, 2.24) is 10.3 Å². The number of pyridine rings is 1. The van der Waals surface area contributed by atoms with Crippen LogP contribution in [0.4, 0.5) is 11.5 Å². The van der Waals surface area contributed by atoms with Gasteiger partial charge in [-0.3, -0.25) is 14.9 Å². The fourth-order valence-electron chi connectivity index (χ4n) is 1.36. The average Bonchev–Trinajstić information content (AvgIpc) is 2.39. The Morgan fingerprint density at radius 2 is 2.37 bits per heavy atom. The second kappa shape index (κ2) is 6.30. The number of nitrogens with zero attached hydrogens (tertiary/aromatic N) is 3. The highest BCUT2D eigenvalue weighted by atomic mass is 16.6. The summed E-state index contributed by atoms with van der Waals surface area (Å²) in [7, 11) is 0. The zero-order valence-corrected chi connectivity index (χ0v) is 10.5. The maximum Gasteiger partial charge on any atom is 0.312 e. The molecule has 1 unspecified atom stereocenters. The number of nitro groups is 1. The van der Waals surface area contributed by atoms with Crippen LogP contribution in [0.2, 0.25) is 0 Å². The summed E-state index contributed by atoms with van der Waals surface area (Å²) in [6, 6.07) is 2.22. The van der Waals surface area contributed by atoms with Crippen LogP contribution in [0.1, 0.15) is 19.4 Å². The van der Waals surface area contributed by atoms with E-state index < -0.39 is 11.0 Å². The third kappa shape index (κ3) is 3.64. The molecule has 0 bridgehead atoms. The molecular weight excluding hydrogens is 250 g/mol. The van der Waals surface area contributed by atoms with Gasteiger partial charge in [-0.05, 0) is 13.8 Å². The first kappa shape index (κ1) is 14.4. The molecule has 0 aliphatic carbocycles. The van der Waals surface area contributed by atoms with Crippen LogP contribution in [-0.2, 0) is 4.79 Å². The van der Waals surface area contributed by atoms with Crippen molar-refractivity contribution in [3.63, 3.8) is 0 Å². The highest BCUT2D eigenvalue weighted by Gasteiger charge is 2.20. The molecule has 100 valence electrons. The standard InChI is InChI=1S/C11H13N5O3/c1-3-13-11(17)7(2)15-10-9(16(18)19)4-8(5-12)6-14-10/h4,6-7H,3H2,1-2H3,(H,13,17)(H,14,15). The van der Waals surface area contributed by atoms with Gasteiger partial charge in [0, 0.05) is 18.8 Å². The number of hydrogen-bond acceptors (Lipinski definition) is 6. The number of carbonyl (C=O) groups is 1. The lowest BCUT2D eigenvalue weighted by Crippen LogP contribution is -2.37. The van der Waals surface area contributed by atoms with Crippen LogP contribution in [0.15, 0.2) is 12.3 Å². The molecule has 0 spiro atoms. The number of hydrogen-bond donors (Lipinski definition) is 2. The molecule has 0 fully saturated rings. The molecular formula is C11H13N5O3. The van der Waals surface area contributed by atoms with Gasteiger partial charge in [0.05, 0.1) is 10.5 Å². The number of likely N-dealkylation sites (N-methyl/N-ethyl adjacent to an activating group) is 1. The highest BCUT2D eigenvalue weighted by Crippen LogP contribution is 2.23. The summed E-state index contributed by atoms with van der Waals surface area (Å²) < 4.78 is 0. The van der Waals surface area contributed by atoms with Crippen molar-refractivity contribution in [2.45, 2.75) is 19.9 Å². The van der Waals surface area contributed by atoms with E-state index in [1.165, 1.54) is 6.20 Å². The Labute approximate surface area is 109 Å². The molecule has 1 rings (SSSR count). The minimum atomic E-state index is -0.668. The maximum atomic E-state index is 11.5. The summed E-state index contributed by atoms with van der Waals surface area (Å²) in [5.41, 5.74) is -0.252. The Hall–Kier alpha value is -2.69. The van der Waals surface area contributed by atoms with Crippen molar-refractivity contribution in [1.29, 1.82) is 5.26 Å². The van der Waals surface area contributed by atoms with Crippen LogP contribution in [0.25, 0.3) is 0 Å². The van der Waals surface area contributed by atoms with Crippen molar-refractivity contribution >= 4 is 17.4 Å². The van der Waals surface area contributed by atoms with Crippen molar-refractivity contribution in [3.05, 3.63) is 27.9 Å². The SMILES string of the molecule is CCNC(=O)C(C)Nc1ncc(C#N)cc1[N+](=O)[O-]. The van der Waals surface area contributed by atoms with Crippen molar-refractivity contribution in [3.8, 4) is 6.07 Å². The number of aromatic nitrogens is 1. The molecule has 8 nitrogen and oxygen atoms in total. The van der Waals surface area contributed by atoms with E-state index in [4.69, 9.17) is 5.26 Å². The van der Waals surface area contributed by atoms with Gasteiger partial charge < -0.3 is 10.6 Å². The molecule has 0 saturated carbocycles. The van der Waals surface area contributed by atoms with Gasteiger partial charge in [0.15, 0.2) is 0 Å². The first-order valence-corrected chi connectivity index (χ1v) is 5.58. The lowest BCUT2D eigenvalue weighted by Gasteiger charge is -2.13. The summed E-state index contributed by atoms with van der Waals surface area (Å²) in [6.45, 7) is 3.80. The molecule has 19 heavy (non-hydrogen) atoms. The van der Waals surface area contributed by atoms with Crippen LogP contribution in [0.5, 0.6) is 0 Å². The second-order valence-electron chi connectivity index (χ2n) is 3.72. The van der Waals surface area contributed by atoms with Crippen molar-refractivity contribution in [2.24, 2.45) is 0 Å². The summed E-state index contributed by atoms with van der Waals surface area (Å²) >= 11 is 0. The maximum absolute atomic E-state index is 11.5. The van der Waals surface area contributed by atoms with E-state index in [0.717, 1.165) is 6.07 Å². The van der Waals surface area contributed by atoms with E-state index in [0.29, 0.717) is 6.54 Å². The Morgan fingerprint density at radius 1 is 1.68 bits per heavy atom. The number of nitrogens with one attached hydrogen (secondary N) is 2. The Bertz CT molecular complexity index is 538. The highest BCUT2D eigenvalue weighted by molar-refractivity contribution is 5.84. The summed E-state index contributed by atoms with van der Waals surface area (Å²) in [5, 5.41) is 24.8. The molecule has 1 amide bonds. The van der Waals surface area contributed by atoms with Gasteiger partial charge in [-0.2, -0.15) is 5.26 Å². The molecule has 0 radical (unpaired) electrons. The van der Waals surface area contributed by atoms with Crippen LogP contribution < -0.4 is 10.6 Å². The molecule has 1 aromatic heterocycles. The Balaban J connectivity index is 2.98. The fourth-order valence-corrected chi connectivity index (χ4v) is 1.36. The van der Waals surface area contributed by atoms with Gasteiger partial charge in [-0.1, -0.05) is 0 Å². The first-order valence-electron chi connectivity index (χ1n) is 5.58. The zero-order valence-electron chi connectivity index (χ0n) is 10.5. The van der Waals surface area contributed by atoms with Crippen LogP contribution >= 0.6 is 0 Å². The molecule has 1 atom stereocenters. The molecule has 2 N–H and O–H groups in total. The molecule has 1 aromatic rings. The molecule has 0 aromatic carbocycles. The smallest absolute Gasteiger partial charge is 0.312 e. The monoisotopic (exact) mass is 263 g/mol. The zero-order chi connectivity index (χ0) is 14.4. The van der Waals surface area contributed by atoms with Gasteiger partial charge in [-0.25, -0.2) is 4.98 Å². The number of rotatable bonds is 5. The van der Waals surface area contributed by atoms with Gasteiger partial charge >= 0.3 is 5.69 Å². The van der Waals surface area contributed by atoms with E-state index >= 15 is 0 Å². The Kier molecular flexibility index (Phi) is 4.76.